The van der Waals surface area contributed by atoms with Gasteiger partial charge in [-0.05, 0) is 18.2 Å². The van der Waals surface area contributed by atoms with Crippen molar-refractivity contribution in [3.63, 3.8) is 0 Å². The van der Waals surface area contributed by atoms with E-state index in [2.05, 4.69) is 27.8 Å². The predicted molar refractivity (Wildman–Crippen MR) is 58.1 cm³/mol. The van der Waals surface area contributed by atoms with Crippen molar-refractivity contribution in [1.82, 2.24) is 0 Å². The molecule has 0 bridgehead atoms. The third-order valence-corrected chi connectivity index (χ3v) is 2.12. The Morgan fingerprint density at radius 1 is 1.21 bits per heavy atom. The SMILES string of the molecule is BrCC#Cc1ccc2c(c1)OCCO2. The fourth-order valence-electron chi connectivity index (χ4n) is 1.26. The van der Waals surface area contributed by atoms with Crippen molar-refractivity contribution >= 4 is 15.9 Å². The maximum Gasteiger partial charge on any atom is 0.162 e. The lowest BCUT2D eigenvalue weighted by Gasteiger charge is -2.17. The molecular weight excluding hydrogens is 244 g/mol. The molecule has 2 rings (SSSR count). The maximum absolute atomic E-state index is 5.44. The third kappa shape index (κ3) is 2.02. The molecule has 0 saturated carbocycles. The van der Waals surface area contributed by atoms with E-state index in [9.17, 15) is 0 Å². The second-order valence-electron chi connectivity index (χ2n) is 2.79. The van der Waals surface area contributed by atoms with Crippen LogP contribution >= 0.6 is 15.9 Å². The summed E-state index contributed by atoms with van der Waals surface area (Å²) in [5.74, 6) is 7.55. The number of alkyl halides is 1. The second kappa shape index (κ2) is 4.39. The van der Waals surface area contributed by atoms with Gasteiger partial charge < -0.3 is 9.47 Å². The Bertz CT molecular complexity index is 390. The van der Waals surface area contributed by atoms with Crippen LogP contribution in [-0.4, -0.2) is 18.5 Å². The zero-order valence-electron chi connectivity index (χ0n) is 7.55. The summed E-state index contributed by atoms with van der Waals surface area (Å²) in [5, 5.41) is 0.682. The molecule has 1 aromatic rings. The number of benzene rings is 1. The lowest BCUT2D eigenvalue weighted by Crippen LogP contribution is -2.15. The first-order valence-electron chi connectivity index (χ1n) is 4.34. The van der Waals surface area contributed by atoms with Gasteiger partial charge in [0.1, 0.15) is 13.2 Å². The fraction of sp³-hybridized carbons (Fsp3) is 0.273. The van der Waals surface area contributed by atoms with Gasteiger partial charge >= 0.3 is 0 Å². The highest BCUT2D eigenvalue weighted by atomic mass is 79.9. The number of rotatable bonds is 0. The molecule has 72 valence electrons. The molecule has 0 unspecified atom stereocenters. The van der Waals surface area contributed by atoms with Gasteiger partial charge in [0.2, 0.25) is 0 Å². The summed E-state index contributed by atoms with van der Waals surface area (Å²) in [6.45, 7) is 1.24. The van der Waals surface area contributed by atoms with Gasteiger partial charge in [-0.2, -0.15) is 0 Å². The van der Waals surface area contributed by atoms with Crippen LogP contribution in [0.25, 0.3) is 0 Å². The molecule has 0 radical (unpaired) electrons. The molecule has 1 aliphatic heterocycles. The van der Waals surface area contributed by atoms with Gasteiger partial charge in [-0.25, -0.2) is 0 Å². The minimum atomic E-state index is 0.613. The third-order valence-electron chi connectivity index (χ3n) is 1.84. The van der Waals surface area contributed by atoms with Crippen molar-refractivity contribution in [2.75, 3.05) is 18.5 Å². The first-order chi connectivity index (χ1) is 6.90. The Kier molecular flexibility index (Phi) is 2.95. The van der Waals surface area contributed by atoms with Gasteiger partial charge in [0.25, 0.3) is 0 Å². The number of hydrogen-bond acceptors (Lipinski definition) is 2. The molecule has 0 N–H and O–H groups in total. The molecule has 0 spiro atoms. The molecule has 0 amide bonds. The molecule has 3 heteroatoms. The van der Waals surface area contributed by atoms with Crippen LogP contribution in [-0.2, 0) is 0 Å². The summed E-state index contributed by atoms with van der Waals surface area (Å²) < 4.78 is 10.8. The molecule has 0 atom stereocenters. The first kappa shape index (κ1) is 9.42. The van der Waals surface area contributed by atoms with Crippen molar-refractivity contribution < 1.29 is 9.47 Å². The van der Waals surface area contributed by atoms with Crippen LogP contribution in [0.3, 0.4) is 0 Å². The predicted octanol–water partition coefficient (Wildman–Crippen LogP) is 2.20. The van der Waals surface area contributed by atoms with Gasteiger partial charge in [-0.15, -0.1) is 0 Å². The van der Waals surface area contributed by atoms with Gasteiger partial charge in [0.05, 0.1) is 5.33 Å². The average Bonchev–Trinajstić information content (AvgIpc) is 2.26. The zero-order valence-corrected chi connectivity index (χ0v) is 9.13. The van der Waals surface area contributed by atoms with E-state index in [1.54, 1.807) is 0 Å². The summed E-state index contributed by atoms with van der Waals surface area (Å²) >= 11 is 3.25. The number of fused-ring (bicyclic) bond motifs is 1. The minimum absolute atomic E-state index is 0.613. The highest BCUT2D eigenvalue weighted by molar-refractivity contribution is 9.09. The van der Waals surface area contributed by atoms with Crippen molar-refractivity contribution in [3.05, 3.63) is 23.8 Å². The zero-order chi connectivity index (χ0) is 9.80. The van der Waals surface area contributed by atoms with Crippen LogP contribution < -0.4 is 9.47 Å². The van der Waals surface area contributed by atoms with E-state index in [0.717, 1.165) is 17.1 Å². The summed E-state index contributed by atoms with van der Waals surface area (Å²) in [6.07, 6.45) is 0. The van der Waals surface area contributed by atoms with Crippen molar-refractivity contribution in [2.24, 2.45) is 0 Å². The standard InChI is InChI=1S/C11H9BrO2/c12-5-1-2-9-3-4-10-11(8-9)14-7-6-13-10/h3-4,8H,5-7H2. The lowest BCUT2D eigenvalue weighted by atomic mass is 10.2. The van der Waals surface area contributed by atoms with Crippen molar-refractivity contribution in [2.45, 2.75) is 0 Å². The second-order valence-corrected chi connectivity index (χ2v) is 3.35. The fourth-order valence-corrected chi connectivity index (χ4v) is 1.40. The summed E-state index contributed by atoms with van der Waals surface area (Å²) in [4.78, 5) is 0. The molecule has 14 heavy (non-hydrogen) atoms. The van der Waals surface area contributed by atoms with E-state index in [1.165, 1.54) is 0 Å². The molecule has 2 nitrogen and oxygen atoms in total. The molecular formula is C11H9BrO2. The number of ether oxygens (including phenoxy) is 2. The van der Waals surface area contributed by atoms with Crippen molar-refractivity contribution in [1.29, 1.82) is 0 Å². The van der Waals surface area contributed by atoms with Crippen LogP contribution in [0.4, 0.5) is 0 Å². The monoisotopic (exact) mass is 252 g/mol. The van der Waals surface area contributed by atoms with Gasteiger partial charge in [-0.1, -0.05) is 27.8 Å². The van der Waals surface area contributed by atoms with Gasteiger partial charge in [0.15, 0.2) is 11.5 Å². The Hall–Kier alpha value is -1.14. The Morgan fingerprint density at radius 2 is 2.00 bits per heavy atom. The highest BCUT2D eigenvalue weighted by Crippen LogP contribution is 2.30. The summed E-state index contributed by atoms with van der Waals surface area (Å²) in [7, 11) is 0. The van der Waals surface area contributed by atoms with E-state index in [4.69, 9.17) is 9.47 Å². The number of hydrogen-bond donors (Lipinski definition) is 0. The molecule has 0 aromatic heterocycles. The van der Waals surface area contributed by atoms with E-state index in [0.29, 0.717) is 18.5 Å². The molecule has 0 aliphatic carbocycles. The van der Waals surface area contributed by atoms with E-state index < -0.39 is 0 Å². The van der Waals surface area contributed by atoms with Gasteiger partial charge in [0, 0.05) is 5.56 Å². The smallest absolute Gasteiger partial charge is 0.162 e. The Labute approximate surface area is 91.3 Å². The molecule has 1 aliphatic rings. The maximum atomic E-state index is 5.44. The van der Waals surface area contributed by atoms with E-state index in [1.807, 2.05) is 18.2 Å². The Morgan fingerprint density at radius 3 is 2.79 bits per heavy atom. The Balaban J connectivity index is 2.29. The van der Waals surface area contributed by atoms with Crippen LogP contribution in [0.15, 0.2) is 18.2 Å². The highest BCUT2D eigenvalue weighted by Gasteiger charge is 2.10. The molecule has 0 saturated heterocycles. The molecule has 1 heterocycles. The van der Waals surface area contributed by atoms with Gasteiger partial charge in [-0.3, -0.25) is 0 Å². The van der Waals surface area contributed by atoms with E-state index in [-0.39, 0.29) is 0 Å². The number of halogens is 1. The quantitative estimate of drug-likeness (QED) is 0.521. The molecule has 1 aromatic carbocycles. The molecule has 0 fully saturated rings. The van der Waals surface area contributed by atoms with Crippen LogP contribution in [0.1, 0.15) is 5.56 Å². The summed E-state index contributed by atoms with van der Waals surface area (Å²) in [5.41, 5.74) is 0.953. The first-order valence-corrected chi connectivity index (χ1v) is 5.47. The summed E-state index contributed by atoms with van der Waals surface area (Å²) in [6, 6.07) is 5.74. The van der Waals surface area contributed by atoms with Crippen molar-refractivity contribution in [3.8, 4) is 23.3 Å². The van der Waals surface area contributed by atoms with Crippen LogP contribution in [0.5, 0.6) is 11.5 Å². The topological polar surface area (TPSA) is 18.5 Å². The average molecular weight is 253 g/mol. The van der Waals surface area contributed by atoms with Crippen LogP contribution in [0, 0.1) is 11.8 Å². The largest absolute Gasteiger partial charge is 0.486 e. The van der Waals surface area contributed by atoms with Crippen LogP contribution in [0.2, 0.25) is 0 Å². The minimum Gasteiger partial charge on any atom is -0.486 e. The normalized spacial score (nSPS) is 12.9. The lowest BCUT2D eigenvalue weighted by molar-refractivity contribution is 0.171. The van der Waals surface area contributed by atoms with E-state index >= 15 is 0 Å².